The van der Waals surface area contributed by atoms with Crippen molar-refractivity contribution < 1.29 is 29.7 Å². The van der Waals surface area contributed by atoms with Crippen molar-refractivity contribution >= 4 is 28.8 Å². The highest BCUT2D eigenvalue weighted by atomic mass is 16.4. The summed E-state index contributed by atoms with van der Waals surface area (Å²) in [4.78, 5) is 32.2. The molecule has 10 heteroatoms. The number of nitrogens with one attached hydrogen (secondary N) is 1. The quantitative estimate of drug-likeness (QED) is 0.357. The van der Waals surface area contributed by atoms with Crippen LogP contribution in [0.25, 0.3) is 10.9 Å². The highest BCUT2D eigenvalue weighted by Gasteiger charge is 2.14. The lowest BCUT2D eigenvalue weighted by molar-refractivity contribution is -0.138. The number of hydrogen-bond donors (Lipinski definition) is 7. The second-order valence-electron chi connectivity index (χ2n) is 4.70. The summed E-state index contributed by atoms with van der Waals surface area (Å²) < 4.78 is 0. The molecule has 0 aliphatic heterocycles. The predicted molar refractivity (Wildman–Crippen MR) is 91.0 cm³/mol. The highest BCUT2D eigenvalue weighted by Crippen LogP contribution is 2.18. The van der Waals surface area contributed by atoms with Crippen LogP contribution in [-0.2, 0) is 20.8 Å². The van der Waals surface area contributed by atoms with E-state index in [0.29, 0.717) is 6.42 Å². The van der Waals surface area contributed by atoms with E-state index in [0.717, 1.165) is 16.5 Å². The van der Waals surface area contributed by atoms with Gasteiger partial charge in [0.05, 0.1) is 13.1 Å². The lowest BCUT2D eigenvalue weighted by Crippen LogP contribution is -2.32. The Labute approximate surface area is 143 Å². The van der Waals surface area contributed by atoms with E-state index in [4.69, 9.17) is 21.1 Å². The summed E-state index contributed by atoms with van der Waals surface area (Å²) in [6.45, 7) is -0.556. The molecule has 0 aliphatic carbocycles. The van der Waals surface area contributed by atoms with Gasteiger partial charge in [-0.25, -0.2) is 0 Å². The van der Waals surface area contributed by atoms with Crippen molar-refractivity contribution in [3.05, 3.63) is 36.0 Å². The number of carboxylic acid groups (broad SMARTS) is 3. The summed E-state index contributed by atoms with van der Waals surface area (Å²) >= 11 is 0. The molecule has 10 N–H and O–H groups in total. The molecule has 1 heterocycles. The van der Waals surface area contributed by atoms with Crippen molar-refractivity contribution in [2.45, 2.75) is 12.5 Å². The molecule has 1 atom stereocenters. The fourth-order valence-electron chi connectivity index (χ4n) is 1.62. The largest absolute Gasteiger partial charge is 0.480 e. The summed E-state index contributed by atoms with van der Waals surface area (Å²) in [5.41, 5.74) is 16.6. The number of carboxylic acids is 3. The minimum Gasteiger partial charge on any atom is -0.480 e. The zero-order valence-corrected chi connectivity index (χ0v) is 13.4. The maximum Gasteiger partial charge on any atom is 0.320 e. The number of carbonyl (C=O) groups is 3. The average molecular weight is 354 g/mol. The van der Waals surface area contributed by atoms with Crippen LogP contribution in [0.5, 0.6) is 0 Å². The van der Waals surface area contributed by atoms with Crippen LogP contribution >= 0.6 is 0 Å². The van der Waals surface area contributed by atoms with Gasteiger partial charge in [-0.3, -0.25) is 14.4 Å². The Morgan fingerprint density at radius 2 is 1.48 bits per heavy atom. The van der Waals surface area contributed by atoms with E-state index in [9.17, 15) is 14.4 Å². The molecule has 10 nitrogen and oxygen atoms in total. The molecule has 0 amide bonds. The number of H-pyrrole nitrogens is 1. The number of aromatic amines is 1. The van der Waals surface area contributed by atoms with E-state index in [-0.39, 0.29) is 13.1 Å². The Kier molecular flexibility index (Phi) is 10.2. The van der Waals surface area contributed by atoms with E-state index >= 15 is 0 Å². The van der Waals surface area contributed by atoms with Gasteiger partial charge in [-0.1, -0.05) is 18.2 Å². The first-order valence-electron chi connectivity index (χ1n) is 7.10. The Hall–Kier alpha value is -2.95. The number of rotatable bonds is 5. The summed E-state index contributed by atoms with van der Waals surface area (Å²) in [5.74, 6) is -2.91. The van der Waals surface area contributed by atoms with E-state index in [2.05, 4.69) is 16.5 Å². The Bertz CT molecular complexity index is 686. The summed E-state index contributed by atoms with van der Waals surface area (Å²) in [7, 11) is 0. The van der Waals surface area contributed by atoms with Gasteiger partial charge in [0.1, 0.15) is 6.04 Å². The molecule has 25 heavy (non-hydrogen) atoms. The molecule has 1 aromatic carbocycles. The van der Waals surface area contributed by atoms with Crippen LogP contribution in [0.4, 0.5) is 0 Å². The lowest BCUT2D eigenvalue weighted by atomic mass is 10.1. The van der Waals surface area contributed by atoms with Gasteiger partial charge < -0.3 is 37.5 Å². The number of fused-ring (bicyclic) bond motifs is 1. The van der Waals surface area contributed by atoms with Gasteiger partial charge in [0.2, 0.25) is 0 Å². The van der Waals surface area contributed by atoms with E-state index in [1.807, 2.05) is 30.5 Å². The van der Waals surface area contributed by atoms with Gasteiger partial charge in [0.15, 0.2) is 0 Å². The van der Waals surface area contributed by atoms with Crippen LogP contribution < -0.4 is 17.2 Å². The molecule has 138 valence electrons. The summed E-state index contributed by atoms with van der Waals surface area (Å²) in [5, 5.41) is 24.9. The Balaban J connectivity index is 0.000000480. The molecule has 1 aromatic heterocycles. The lowest BCUT2D eigenvalue weighted by Gasteiger charge is -2.04. The molecule has 2 rings (SSSR count). The van der Waals surface area contributed by atoms with Gasteiger partial charge in [-0.2, -0.15) is 0 Å². The van der Waals surface area contributed by atoms with Crippen molar-refractivity contribution in [3.8, 4) is 0 Å². The van der Waals surface area contributed by atoms with Gasteiger partial charge in [-0.05, 0) is 11.6 Å². The van der Waals surface area contributed by atoms with Crippen molar-refractivity contribution in [2.24, 2.45) is 17.2 Å². The van der Waals surface area contributed by atoms with Gasteiger partial charge in [-0.15, -0.1) is 0 Å². The smallest absolute Gasteiger partial charge is 0.320 e. The normalized spacial score (nSPS) is 10.7. The van der Waals surface area contributed by atoms with Crippen LogP contribution in [-0.4, -0.2) is 57.3 Å². The van der Waals surface area contributed by atoms with Crippen LogP contribution in [0.3, 0.4) is 0 Å². The van der Waals surface area contributed by atoms with E-state index in [1.165, 1.54) is 0 Å². The van der Waals surface area contributed by atoms with Gasteiger partial charge >= 0.3 is 17.9 Å². The summed E-state index contributed by atoms with van der Waals surface area (Å²) in [6, 6.07) is 6.91. The second kappa shape index (κ2) is 11.6. The minimum absolute atomic E-state index is 0.278. The Morgan fingerprint density at radius 1 is 1.00 bits per heavy atom. The summed E-state index contributed by atoms with van der Waals surface area (Å²) in [6.07, 6.45) is 2.16. The first kappa shape index (κ1) is 22.1. The average Bonchev–Trinajstić information content (AvgIpc) is 2.99. The van der Waals surface area contributed by atoms with Crippen LogP contribution in [0.2, 0.25) is 0 Å². The standard InChI is InChI=1S/C11H12N2O2.2C2H5NO2/c12-9(11(14)15)5-7-6-13-10-4-2-1-3-8(7)10;2*3-1-2(4)5/h1-4,6,9,13H,5,12H2,(H,14,15);2*1,3H2,(H,4,5). The molecule has 0 aliphatic rings. The topological polar surface area (TPSA) is 206 Å². The first-order valence-corrected chi connectivity index (χ1v) is 7.10. The molecule has 0 saturated carbocycles. The molecule has 0 radical (unpaired) electrons. The zero-order valence-electron chi connectivity index (χ0n) is 13.4. The molecule has 0 fully saturated rings. The SMILES string of the molecule is NC(Cc1c[nH]c2ccccc12)C(=O)O.NCC(=O)O.NCC(=O)O. The molecule has 1 unspecified atom stereocenters. The monoisotopic (exact) mass is 354 g/mol. The fourth-order valence-corrected chi connectivity index (χ4v) is 1.62. The Morgan fingerprint density at radius 3 is 1.92 bits per heavy atom. The number of para-hydroxylation sites is 1. The van der Waals surface area contributed by atoms with Gasteiger partial charge in [0.25, 0.3) is 0 Å². The number of hydrogen-bond acceptors (Lipinski definition) is 6. The third kappa shape index (κ3) is 9.05. The number of benzene rings is 1. The minimum atomic E-state index is -0.972. The highest BCUT2D eigenvalue weighted by molar-refractivity contribution is 5.84. The number of nitrogens with two attached hydrogens (primary N) is 3. The predicted octanol–water partition coefficient (Wildman–Crippen LogP) is -0.818. The molecule has 2 aromatic rings. The van der Waals surface area contributed by atoms with Crippen molar-refractivity contribution in [1.82, 2.24) is 4.98 Å². The molecular weight excluding hydrogens is 332 g/mol. The van der Waals surface area contributed by atoms with Crippen molar-refractivity contribution in [3.63, 3.8) is 0 Å². The van der Waals surface area contributed by atoms with Gasteiger partial charge in [0, 0.05) is 23.5 Å². The van der Waals surface area contributed by atoms with Crippen LogP contribution in [0.15, 0.2) is 30.5 Å². The third-order valence-corrected chi connectivity index (χ3v) is 2.78. The number of aromatic nitrogens is 1. The molecule has 0 bridgehead atoms. The first-order chi connectivity index (χ1) is 11.7. The van der Waals surface area contributed by atoms with Crippen molar-refractivity contribution in [1.29, 1.82) is 0 Å². The maximum absolute atomic E-state index is 10.6. The molecule has 0 saturated heterocycles. The third-order valence-electron chi connectivity index (χ3n) is 2.78. The van der Waals surface area contributed by atoms with E-state index in [1.54, 1.807) is 0 Å². The fraction of sp³-hybridized carbons (Fsp3) is 0.267. The van der Waals surface area contributed by atoms with Crippen molar-refractivity contribution in [2.75, 3.05) is 13.1 Å². The second-order valence-corrected chi connectivity index (χ2v) is 4.70. The van der Waals surface area contributed by atoms with E-state index < -0.39 is 23.9 Å². The zero-order chi connectivity index (χ0) is 19.4. The molecule has 0 spiro atoms. The maximum atomic E-state index is 10.6. The van der Waals surface area contributed by atoms with Crippen LogP contribution in [0.1, 0.15) is 5.56 Å². The molecular formula is C15H22N4O6. The van der Waals surface area contributed by atoms with Crippen LogP contribution in [0, 0.1) is 0 Å². The number of aliphatic carboxylic acids is 3.